The van der Waals surface area contributed by atoms with Crippen LogP contribution in [0.3, 0.4) is 0 Å². The van der Waals surface area contributed by atoms with Gasteiger partial charge in [-0.1, -0.05) is 18.6 Å². The predicted octanol–water partition coefficient (Wildman–Crippen LogP) is 2.77. The average molecular weight is 154 g/mol. The molecule has 1 rings (SSSR count). The summed E-state index contributed by atoms with van der Waals surface area (Å²) in [6.45, 7) is 7.50. The van der Waals surface area contributed by atoms with Crippen LogP contribution in [0.4, 0.5) is 0 Å². The monoisotopic (exact) mass is 154 g/mol. The smallest absolute Gasteiger partial charge is 0.0760 e. The molecule has 0 aromatic heterocycles. The van der Waals surface area contributed by atoms with E-state index in [-0.39, 0.29) is 0 Å². The summed E-state index contributed by atoms with van der Waals surface area (Å²) in [4.78, 5) is 0. The molecule has 64 valence electrons. The topological polar surface area (TPSA) is 9.23 Å². The molecule has 0 spiro atoms. The minimum Gasteiger partial charge on any atom is -0.374 e. The summed E-state index contributed by atoms with van der Waals surface area (Å²) in [6, 6.07) is 0. The molecule has 0 aromatic carbocycles. The van der Waals surface area contributed by atoms with Crippen LogP contribution in [0.1, 0.15) is 33.6 Å². The lowest BCUT2D eigenvalue weighted by molar-refractivity contribution is 0.0235. The summed E-state index contributed by atoms with van der Waals surface area (Å²) in [5.41, 5.74) is 1.36. The normalized spacial score (nSPS) is 31.5. The highest BCUT2D eigenvalue weighted by Gasteiger charge is 2.16. The van der Waals surface area contributed by atoms with Crippen molar-refractivity contribution >= 4 is 0 Å². The molecule has 0 bridgehead atoms. The van der Waals surface area contributed by atoms with E-state index in [4.69, 9.17) is 4.74 Å². The number of ether oxygens (including phenoxy) is 1. The molecule has 0 unspecified atom stereocenters. The van der Waals surface area contributed by atoms with Gasteiger partial charge in [-0.25, -0.2) is 0 Å². The molecule has 0 saturated carbocycles. The minimum atomic E-state index is 0.392. The molecule has 1 aliphatic heterocycles. The summed E-state index contributed by atoms with van der Waals surface area (Å²) >= 11 is 0. The van der Waals surface area contributed by atoms with Gasteiger partial charge in [0.15, 0.2) is 0 Å². The first kappa shape index (κ1) is 8.79. The zero-order chi connectivity index (χ0) is 8.27. The van der Waals surface area contributed by atoms with Gasteiger partial charge in [0.1, 0.15) is 0 Å². The van der Waals surface area contributed by atoms with Gasteiger partial charge in [-0.15, -0.1) is 0 Å². The van der Waals surface area contributed by atoms with Gasteiger partial charge in [0.2, 0.25) is 0 Å². The fourth-order valence-electron chi connectivity index (χ4n) is 1.49. The Hall–Kier alpha value is -0.300. The largest absolute Gasteiger partial charge is 0.374 e. The van der Waals surface area contributed by atoms with Crippen LogP contribution in [0.15, 0.2) is 11.6 Å². The maximum absolute atomic E-state index is 5.58. The molecule has 1 heterocycles. The van der Waals surface area contributed by atoms with Crippen molar-refractivity contribution in [3.05, 3.63) is 11.6 Å². The van der Waals surface area contributed by atoms with Crippen molar-refractivity contribution in [2.24, 2.45) is 5.92 Å². The summed E-state index contributed by atoms with van der Waals surface area (Å²) in [5.74, 6) is 0.837. The average Bonchev–Trinajstić information content (AvgIpc) is 1.85. The first-order valence-corrected chi connectivity index (χ1v) is 4.45. The van der Waals surface area contributed by atoms with Crippen LogP contribution in [-0.2, 0) is 4.74 Å². The van der Waals surface area contributed by atoms with Crippen molar-refractivity contribution in [1.29, 1.82) is 0 Å². The van der Waals surface area contributed by atoms with E-state index in [2.05, 4.69) is 26.8 Å². The van der Waals surface area contributed by atoms with Crippen molar-refractivity contribution in [3.8, 4) is 0 Å². The Morgan fingerprint density at radius 2 is 2.18 bits per heavy atom. The van der Waals surface area contributed by atoms with Gasteiger partial charge in [-0.05, 0) is 32.6 Å². The second-order valence-corrected chi connectivity index (χ2v) is 3.78. The lowest BCUT2D eigenvalue weighted by atomic mass is 9.97. The highest BCUT2D eigenvalue weighted by molar-refractivity contribution is 4.99. The molecule has 2 atom stereocenters. The minimum absolute atomic E-state index is 0.392. The van der Waals surface area contributed by atoms with E-state index in [0.717, 1.165) is 12.5 Å². The highest BCUT2D eigenvalue weighted by atomic mass is 16.5. The zero-order valence-corrected chi connectivity index (χ0v) is 7.76. The van der Waals surface area contributed by atoms with Crippen LogP contribution in [0.5, 0.6) is 0 Å². The zero-order valence-electron chi connectivity index (χ0n) is 7.76. The highest BCUT2D eigenvalue weighted by Crippen LogP contribution is 2.20. The van der Waals surface area contributed by atoms with Gasteiger partial charge in [0.25, 0.3) is 0 Å². The molecule has 1 fully saturated rings. The number of allylic oxidation sites excluding steroid dienone is 1. The second-order valence-electron chi connectivity index (χ2n) is 3.78. The first-order valence-electron chi connectivity index (χ1n) is 4.45. The van der Waals surface area contributed by atoms with E-state index in [1.807, 2.05) is 0 Å². The molecule has 0 amide bonds. The summed E-state index contributed by atoms with van der Waals surface area (Å²) in [5, 5.41) is 0. The van der Waals surface area contributed by atoms with Crippen molar-refractivity contribution in [2.75, 3.05) is 6.61 Å². The molecule has 0 radical (unpaired) electrons. The molecule has 1 heteroatoms. The Bertz CT molecular complexity index is 145. The van der Waals surface area contributed by atoms with Gasteiger partial charge < -0.3 is 4.74 Å². The lowest BCUT2D eigenvalue weighted by Crippen LogP contribution is -2.22. The molecule has 1 saturated heterocycles. The molecule has 1 aliphatic rings. The third-order valence-corrected chi connectivity index (χ3v) is 2.10. The van der Waals surface area contributed by atoms with Crippen LogP contribution in [0, 0.1) is 5.92 Å². The third-order valence-electron chi connectivity index (χ3n) is 2.10. The van der Waals surface area contributed by atoms with E-state index in [0.29, 0.717) is 6.10 Å². The maximum atomic E-state index is 5.58. The third kappa shape index (κ3) is 3.06. The summed E-state index contributed by atoms with van der Waals surface area (Å²) in [7, 11) is 0. The quantitative estimate of drug-likeness (QED) is 0.528. The second kappa shape index (κ2) is 3.91. The van der Waals surface area contributed by atoms with E-state index < -0.39 is 0 Å². The molecule has 0 aliphatic carbocycles. The Morgan fingerprint density at radius 3 is 2.73 bits per heavy atom. The fourth-order valence-corrected chi connectivity index (χ4v) is 1.49. The van der Waals surface area contributed by atoms with Gasteiger partial charge >= 0.3 is 0 Å². The van der Waals surface area contributed by atoms with E-state index >= 15 is 0 Å². The van der Waals surface area contributed by atoms with Crippen molar-refractivity contribution in [1.82, 2.24) is 0 Å². The fraction of sp³-hybridized carbons (Fsp3) is 0.800. The Balaban J connectivity index is 2.40. The number of hydrogen-bond donors (Lipinski definition) is 0. The molecule has 1 nitrogen and oxygen atoms in total. The van der Waals surface area contributed by atoms with Crippen molar-refractivity contribution in [3.63, 3.8) is 0 Å². The van der Waals surface area contributed by atoms with Gasteiger partial charge in [-0.2, -0.15) is 0 Å². The summed E-state index contributed by atoms with van der Waals surface area (Å²) < 4.78 is 5.58. The number of rotatable bonds is 1. The van der Waals surface area contributed by atoms with Crippen molar-refractivity contribution in [2.45, 2.75) is 39.7 Å². The van der Waals surface area contributed by atoms with Crippen LogP contribution < -0.4 is 0 Å². The number of hydrogen-bond acceptors (Lipinski definition) is 1. The molecular formula is C10H18O. The van der Waals surface area contributed by atoms with E-state index in [9.17, 15) is 0 Å². The molecular weight excluding hydrogens is 136 g/mol. The van der Waals surface area contributed by atoms with Gasteiger partial charge in [0.05, 0.1) is 6.10 Å². The first-order chi connectivity index (χ1) is 5.18. The van der Waals surface area contributed by atoms with Crippen LogP contribution >= 0.6 is 0 Å². The Morgan fingerprint density at radius 1 is 1.45 bits per heavy atom. The maximum Gasteiger partial charge on any atom is 0.0760 e. The SMILES string of the molecule is CC(C)=C[C@H]1C[C@@H](C)CCO1. The van der Waals surface area contributed by atoms with Gasteiger partial charge in [0, 0.05) is 6.61 Å². The Labute approximate surface area is 69.4 Å². The summed E-state index contributed by atoms with van der Waals surface area (Å²) in [6.07, 6.45) is 5.05. The Kier molecular flexibility index (Phi) is 3.13. The van der Waals surface area contributed by atoms with Crippen LogP contribution in [-0.4, -0.2) is 12.7 Å². The standard InChI is InChI=1S/C10H18O/c1-8(2)6-10-7-9(3)4-5-11-10/h6,9-10H,4-5,7H2,1-3H3/t9-,10-/m0/s1. The molecule has 0 aromatic rings. The predicted molar refractivity (Wildman–Crippen MR) is 47.6 cm³/mol. The van der Waals surface area contributed by atoms with E-state index in [1.165, 1.54) is 18.4 Å². The van der Waals surface area contributed by atoms with Crippen molar-refractivity contribution < 1.29 is 4.74 Å². The van der Waals surface area contributed by atoms with Crippen LogP contribution in [0.25, 0.3) is 0 Å². The molecule has 11 heavy (non-hydrogen) atoms. The van der Waals surface area contributed by atoms with Crippen LogP contribution in [0.2, 0.25) is 0 Å². The van der Waals surface area contributed by atoms with E-state index in [1.54, 1.807) is 0 Å². The molecule has 0 N–H and O–H groups in total. The van der Waals surface area contributed by atoms with Gasteiger partial charge in [-0.3, -0.25) is 0 Å². The lowest BCUT2D eigenvalue weighted by Gasteiger charge is -2.25.